The topological polar surface area (TPSA) is 61.8 Å². The Bertz CT molecular complexity index is 439. The zero-order chi connectivity index (χ0) is 12.3. The lowest BCUT2D eigenvalue weighted by Gasteiger charge is -2.25. The Labute approximate surface area is 103 Å². The highest BCUT2D eigenvalue weighted by Crippen LogP contribution is 2.38. The minimum absolute atomic E-state index is 0.384. The Morgan fingerprint density at radius 3 is 2.76 bits per heavy atom. The van der Waals surface area contributed by atoms with Gasteiger partial charge in [0.2, 0.25) is 0 Å². The molecule has 0 aliphatic heterocycles. The van der Waals surface area contributed by atoms with Crippen molar-refractivity contribution in [1.82, 2.24) is 0 Å². The van der Waals surface area contributed by atoms with Crippen LogP contribution in [-0.2, 0) is 0 Å². The van der Waals surface area contributed by atoms with E-state index in [4.69, 9.17) is 11.0 Å². The first kappa shape index (κ1) is 11.8. The van der Waals surface area contributed by atoms with Gasteiger partial charge in [0.1, 0.15) is 6.07 Å². The molecule has 1 aromatic rings. The van der Waals surface area contributed by atoms with Crippen molar-refractivity contribution in [3.8, 4) is 6.07 Å². The van der Waals surface area contributed by atoms with E-state index in [1.807, 2.05) is 12.1 Å². The summed E-state index contributed by atoms with van der Waals surface area (Å²) >= 11 is 0. The van der Waals surface area contributed by atoms with Gasteiger partial charge in [-0.25, -0.2) is 0 Å². The molecule has 1 aromatic carbocycles. The van der Waals surface area contributed by atoms with E-state index < -0.39 is 0 Å². The lowest BCUT2D eigenvalue weighted by molar-refractivity contribution is 0.362. The summed E-state index contributed by atoms with van der Waals surface area (Å²) in [7, 11) is 0. The van der Waals surface area contributed by atoms with Crippen LogP contribution in [0, 0.1) is 16.7 Å². The Morgan fingerprint density at radius 1 is 1.41 bits per heavy atom. The normalized spacial score (nSPS) is 17.6. The molecule has 1 aliphatic carbocycles. The zero-order valence-electron chi connectivity index (χ0n) is 10.3. The molecule has 1 fully saturated rings. The molecule has 0 amide bonds. The molecule has 17 heavy (non-hydrogen) atoms. The summed E-state index contributed by atoms with van der Waals surface area (Å²) in [5.41, 5.74) is 8.32. The lowest BCUT2D eigenvalue weighted by Crippen LogP contribution is -2.23. The maximum atomic E-state index is 8.92. The molecule has 0 unspecified atom stereocenters. The van der Waals surface area contributed by atoms with Crippen LogP contribution in [0.1, 0.15) is 38.2 Å². The molecule has 2 rings (SSSR count). The van der Waals surface area contributed by atoms with Crippen LogP contribution in [-0.4, -0.2) is 6.54 Å². The second-order valence-electron chi connectivity index (χ2n) is 5.25. The van der Waals surface area contributed by atoms with Gasteiger partial charge in [0, 0.05) is 6.54 Å². The van der Waals surface area contributed by atoms with E-state index in [0.717, 1.165) is 12.2 Å². The van der Waals surface area contributed by atoms with Gasteiger partial charge in [-0.1, -0.05) is 25.8 Å². The predicted octanol–water partition coefficient (Wildman–Crippen LogP) is 3.13. The van der Waals surface area contributed by atoms with Gasteiger partial charge in [0.25, 0.3) is 0 Å². The van der Waals surface area contributed by atoms with Crippen molar-refractivity contribution in [1.29, 1.82) is 5.26 Å². The lowest BCUT2D eigenvalue weighted by atomic mass is 9.89. The second-order valence-corrected chi connectivity index (χ2v) is 5.25. The average molecular weight is 229 g/mol. The number of nitrogens with zero attached hydrogens (tertiary/aromatic N) is 1. The molecule has 3 N–H and O–H groups in total. The number of nitrogens with two attached hydrogens (primary N) is 1. The molecular formula is C14H19N3. The molecule has 0 radical (unpaired) electrons. The molecule has 0 atom stereocenters. The van der Waals surface area contributed by atoms with Crippen molar-refractivity contribution in [3.05, 3.63) is 23.8 Å². The van der Waals surface area contributed by atoms with Crippen LogP contribution in [0.25, 0.3) is 0 Å². The summed E-state index contributed by atoms with van der Waals surface area (Å²) in [5.74, 6) is 0. The minimum atomic E-state index is 0.384. The summed E-state index contributed by atoms with van der Waals surface area (Å²) in [6.07, 6.45) is 5.20. The summed E-state index contributed by atoms with van der Waals surface area (Å²) in [6.45, 7) is 3.25. The number of anilines is 2. The van der Waals surface area contributed by atoms with E-state index >= 15 is 0 Å². The van der Waals surface area contributed by atoms with Crippen LogP contribution in [0.5, 0.6) is 0 Å². The van der Waals surface area contributed by atoms with Crippen molar-refractivity contribution >= 4 is 11.4 Å². The fraction of sp³-hybridized carbons (Fsp3) is 0.500. The van der Waals surface area contributed by atoms with E-state index in [1.54, 1.807) is 6.07 Å². The second kappa shape index (κ2) is 4.67. The van der Waals surface area contributed by atoms with Crippen molar-refractivity contribution in [2.45, 2.75) is 32.6 Å². The van der Waals surface area contributed by atoms with Gasteiger partial charge in [-0.05, 0) is 30.4 Å². The number of para-hydroxylation sites is 1. The molecule has 1 aliphatic rings. The third-order valence-electron chi connectivity index (χ3n) is 3.74. The summed E-state index contributed by atoms with van der Waals surface area (Å²) in [6, 6.07) is 7.66. The standard InChI is InChI=1S/C14H19N3/c1-14(7-2-3-8-14)10-17-12-6-4-5-11(9-15)13(12)16/h4-6,17H,2-3,7-8,10,16H2,1H3. The van der Waals surface area contributed by atoms with Crippen LogP contribution in [0.15, 0.2) is 18.2 Å². The van der Waals surface area contributed by atoms with Gasteiger partial charge in [-0.2, -0.15) is 5.26 Å². The smallest absolute Gasteiger partial charge is 0.101 e. The third-order valence-corrected chi connectivity index (χ3v) is 3.74. The maximum absolute atomic E-state index is 8.92. The number of rotatable bonds is 3. The highest BCUT2D eigenvalue weighted by Gasteiger charge is 2.28. The SMILES string of the molecule is CC1(CNc2cccc(C#N)c2N)CCCC1. The molecular weight excluding hydrogens is 210 g/mol. The van der Waals surface area contributed by atoms with E-state index in [0.29, 0.717) is 16.7 Å². The van der Waals surface area contributed by atoms with E-state index in [-0.39, 0.29) is 0 Å². The summed E-state index contributed by atoms with van der Waals surface area (Å²) < 4.78 is 0. The average Bonchev–Trinajstić information content (AvgIpc) is 2.75. The molecule has 90 valence electrons. The van der Waals surface area contributed by atoms with E-state index in [2.05, 4.69) is 18.3 Å². The van der Waals surface area contributed by atoms with Crippen molar-refractivity contribution in [2.24, 2.45) is 5.41 Å². The van der Waals surface area contributed by atoms with Crippen molar-refractivity contribution < 1.29 is 0 Å². The Hall–Kier alpha value is -1.69. The number of hydrogen-bond donors (Lipinski definition) is 2. The zero-order valence-corrected chi connectivity index (χ0v) is 10.3. The Balaban J connectivity index is 2.07. The number of nitrogens with one attached hydrogen (secondary N) is 1. The number of nitriles is 1. The first-order valence-electron chi connectivity index (χ1n) is 6.17. The highest BCUT2D eigenvalue weighted by atomic mass is 14.9. The minimum Gasteiger partial charge on any atom is -0.396 e. The first-order chi connectivity index (χ1) is 8.14. The molecule has 0 saturated heterocycles. The van der Waals surface area contributed by atoms with E-state index in [1.165, 1.54) is 25.7 Å². The van der Waals surface area contributed by atoms with Crippen molar-refractivity contribution in [3.63, 3.8) is 0 Å². The van der Waals surface area contributed by atoms with Gasteiger partial charge in [-0.3, -0.25) is 0 Å². The maximum Gasteiger partial charge on any atom is 0.101 e. The molecule has 0 bridgehead atoms. The molecule has 0 heterocycles. The van der Waals surface area contributed by atoms with Gasteiger partial charge in [-0.15, -0.1) is 0 Å². The summed E-state index contributed by atoms with van der Waals surface area (Å²) in [4.78, 5) is 0. The largest absolute Gasteiger partial charge is 0.396 e. The van der Waals surface area contributed by atoms with Gasteiger partial charge in [0.05, 0.1) is 16.9 Å². The van der Waals surface area contributed by atoms with Crippen LogP contribution in [0.2, 0.25) is 0 Å². The number of benzene rings is 1. The molecule has 1 saturated carbocycles. The Morgan fingerprint density at radius 2 is 2.12 bits per heavy atom. The predicted molar refractivity (Wildman–Crippen MR) is 70.6 cm³/mol. The van der Waals surface area contributed by atoms with Gasteiger partial charge < -0.3 is 11.1 Å². The monoisotopic (exact) mass is 229 g/mol. The van der Waals surface area contributed by atoms with Gasteiger partial charge >= 0.3 is 0 Å². The highest BCUT2D eigenvalue weighted by molar-refractivity contribution is 5.72. The van der Waals surface area contributed by atoms with Crippen molar-refractivity contribution in [2.75, 3.05) is 17.6 Å². The number of hydrogen-bond acceptors (Lipinski definition) is 3. The van der Waals surface area contributed by atoms with Crippen LogP contribution < -0.4 is 11.1 Å². The third kappa shape index (κ3) is 2.52. The van der Waals surface area contributed by atoms with Crippen LogP contribution in [0.4, 0.5) is 11.4 Å². The number of nitrogen functional groups attached to an aromatic ring is 1. The molecule has 3 heteroatoms. The molecule has 0 aromatic heterocycles. The first-order valence-corrected chi connectivity index (χ1v) is 6.17. The fourth-order valence-corrected chi connectivity index (χ4v) is 2.53. The van der Waals surface area contributed by atoms with Crippen LogP contribution >= 0.6 is 0 Å². The fourth-order valence-electron chi connectivity index (χ4n) is 2.53. The summed E-state index contributed by atoms with van der Waals surface area (Å²) in [5, 5.41) is 12.3. The Kier molecular flexibility index (Phi) is 3.23. The molecule has 3 nitrogen and oxygen atoms in total. The van der Waals surface area contributed by atoms with E-state index in [9.17, 15) is 0 Å². The van der Waals surface area contributed by atoms with Crippen LogP contribution in [0.3, 0.4) is 0 Å². The van der Waals surface area contributed by atoms with Gasteiger partial charge in [0.15, 0.2) is 0 Å². The molecule has 0 spiro atoms. The quantitative estimate of drug-likeness (QED) is 0.783.